The molecule has 1 N–H and O–H groups in total. The summed E-state index contributed by atoms with van der Waals surface area (Å²) in [4.78, 5) is 29.9. The van der Waals surface area contributed by atoms with Crippen LogP contribution >= 0.6 is 0 Å². The molecule has 2 fully saturated rings. The molecule has 1 amide bonds. The minimum Gasteiger partial charge on any atom is -0.507 e. The average molecular weight is 483 g/mol. The predicted molar refractivity (Wildman–Crippen MR) is 129 cm³/mol. The normalized spacial score (nSPS) is 20.6. The van der Waals surface area contributed by atoms with E-state index in [-0.39, 0.29) is 17.4 Å². The average Bonchev–Trinajstić information content (AvgIpc) is 3.10. The minimum atomic E-state index is -0.799. The van der Waals surface area contributed by atoms with Crippen LogP contribution in [0.15, 0.2) is 54.1 Å². The first kappa shape index (κ1) is 24.9. The van der Waals surface area contributed by atoms with E-state index in [4.69, 9.17) is 9.47 Å². The molecule has 0 aromatic heterocycles. The number of hydrogen-bond donors (Lipinski definition) is 1. The third-order valence-corrected chi connectivity index (χ3v) is 6.20. The van der Waals surface area contributed by atoms with Crippen molar-refractivity contribution in [1.82, 2.24) is 9.80 Å². The van der Waals surface area contributed by atoms with Crippen LogP contribution in [0.3, 0.4) is 0 Å². The van der Waals surface area contributed by atoms with E-state index in [1.807, 2.05) is 13.8 Å². The molecule has 186 valence electrons. The number of carbonyl (C=O) groups is 2. The van der Waals surface area contributed by atoms with Crippen molar-refractivity contribution < 1.29 is 28.6 Å². The van der Waals surface area contributed by atoms with Crippen LogP contribution < -0.4 is 4.74 Å². The summed E-state index contributed by atoms with van der Waals surface area (Å²) in [5.74, 6) is -1.45. The summed E-state index contributed by atoms with van der Waals surface area (Å²) in [6.07, 6.45) is 0.655. The summed E-state index contributed by atoms with van der Waals surface area (Å²) in [5, 5.41) is 11.2. The lowest BCUT2D eigenvalue weighted by atomic mass is 9.95. The molecular weight excluding hydrogens is 451 g/mol. The van der Waals surface area contributed by atoms with Crippen LogP contribution in [-0.2, 0) is 14.3 Å². The maximum Gasteiger partial charge on any atom is 0.295 e. The highest BCUT2D eigenvalue weighted by Crippen LogP contribution is 2.39. The lowest BCUT2D eigenvalue weighted by Crippen LogP contribution is -2.38. The molecule has 2 aliphatic rings. The van der Waals surface area contributed by atoms with Crippen molar-refractivity contribution in [2.24, 2.45) is 0 Å². The van der Waals surface area contributed by atoms with E-state index in [0.717, 1.165) is 19.6 Å². The van der Waals surface area contributed by atoms with E-state index in [2.05, 4.69) is 4.90 Å². The zero-order chi connectivity index (χ0) is 24.9. The van der Waals surface area contributed by atoms with E-state index in [0.29, 0.717) is 43.1 Å². The van der Waals surface area contributed by atoms with E-state index in [1.165, 1.54) is 17.0 Å². The highest BCUT2D eigenvalue weighted by molar-refractivity contribution is 6.46. The Kier molecular flexibility index (Phi) is 7.83. The van der Waals surface area contributed by atoms with Crippen molar-refractivity contribution in [1.29, 1.82) is 0 Å². The van der Waals surface area contributed by atoms with Crippen LogP contribution in [0.5, 0.6) is 5.75 Å². The van der Waals surface area contributed by atoms with Gasteiger partial charge >= 0.3 is 0 Å². The number of amides is 1. The Morgan fingerprint density at radius 1 is 1.06 bits per heavy atom. The van der Waals surface area contributed by atoms with Crippen LogP contribution in [0.2, 0.25) is 0 Å². The quantitative estimate of drug-likeness (QED) is 0.351. The molecule has 7 nitrogen and oxygen atoms in total. The fourth-order valence-corrected chi connectivity index (χ4v) is 4.51. The number of ketones is 1. The summed E-state index contributed by atoms with van der Waals surface area (Å²) in [5.41, 5.74) is 0.975. The summed E-state index contributed by atoms with van der Waals surface area (Å²) in [7, 11) is 0. The molecule has 35 heavy (non-hydrogen) atoms. The van der Waals surface area contributed by atoms with Gasteiger partial charge in [0.2, 0.25) is 0 Å². The number of benzene rings is 2. The standard InChI is InChI=1S/C27H31FN2O5/c1-18(2)35-22-10-6-20(7-11-22)25(31)23-24(19-4-8-21(28)9-5-19)30(27(33)26(23)32)13-3-12-29-14-16-34-17-15-29/h4-11,18,24,31H,3,12-17H2,1-2H3/b25-23+/t24-/m1/s1. The molecule has 0 saturated carbocycles. The fourth-order valence-electron chi connectivity index (χ4n) is 4.51. The molecule has 2 aromatic rings. The van der Waals surface area contributed by atoms with Gasteiger partial charge in [-0.2, -0.15) is 0 Å². The monoisotopic (exact) mass is 482 g/mol. The summed E-state index contributed by atoms with van der Waals surface area (Å²) in [6.45, 7) is 7.95. The number of nitrogens with zero attached hydrogens (tertiary/aromatic N) is 2. The minimum absolute atomic E-state index is 0.00397. The molecule has 2 aromatic carbocycles. The van der Waals surface area contributed by atoms with Crippen molar-refractivity contribution >= 4 is 17.4 Å². The summed E-state index contributed by atoms with van der Waals surface area (Å²) < 4.78 is 24.7. The molecule has 0 bridgehead atoms. The van der Waals surface area contributed by atoms with E-state index < -0.39 is 23.5 Å². The summed E-state index contributed by atoms with van der Waals surface area (Å²) >= 11 is 0. The number of hydrogen-bond acceptors (Lipinski definition) is 6. The van der Waals surface area contributed by atoms with Gasteiger partial charge in [0.1, 0.15) is 17.3 Å². The highest BCUT2D eigenvalue weighted by atomic mass is 19.1. The smallest absolute Gasteiger partial charge is 0.295 e. The second-order valence-corrected chi connectivity index (χ2v) is 9.04. The van der Waals surface area contributed by atoms with Crippen LogP contribution in [0.25, 0.3) is 5.76 Å². The molecule has 8 heteroatoms. The van der Waals surface area contributed by atoms with Crippen LogP contribution in [0.4, 0.5) is 4.39 Å². The Bertz CT molecular complexity index is 1080. The van der Waals surface area contributed by atoms with E-state index >= 15 is 0 Å². The molecule has 2 heterocycles. The molecule has 2 saturated heterocycles. The number of aliphatic hydroxyl groups excluding tert-OH is 1. The highest BCUT2D eigenvalue weighted by Gasteiger charge is 2.45. The Morgan fingerprint density at radius 3 is 2.34 bits per heavy atom. The number of carbonyl (C=O) groups excluding carboxylic acids is 2. The first-order chi connectivity index (χ1) is 16.8. The second-order valence-electron chi connectivity index (χ2n) is 9.04. The number of ether oxygens (including phenoxy) is 2. The third-order valence-electron chi connectivity index (χ3n) is 6.20. The first-order valence-corrected chi connectivity index (χ1v) is 12.0. The number of halogens is 1. The lowest BCUT2D eigenvalue weighted by molar-refractivity contribution is -0.140. The number of Topliss-reactive ketones (excluding diaryl/α,β-unsaturated/α-hetero) is 1. The fraction of sp³-hybridized carbons (Fsp3) is 0.407. The molecular formula is C27H31FN2O5. The lowest BCUT2D eigenvalue weighted by Gasteiger charge is -2.29. The number of morpholine rings is 1. The van der Waals surface area contributed by atoms with Gasteiger partial charge in [0.05, 0.1) is 30.9 Å². The molecule has 2 aliphatic heterocycles. The van der Waals surface area contributed by atoms with Gasteiger partial charge in [-0.25, -0.2) is 4.39 Å². The maximum absolute atomic E-state index is 13.6. The van der Waals surface area contributed by atoms with Crippen molar-refractivity contribution in [2.75, 3.05) is 39.4 Å². The van der Waals surface area contributed by atoms with Gasteiger partial charge in [-0.05, 0) is 62.2 Å². The van der Waals surface area contributed by atoms with Crippen molar-refractivity contribution in [3.05, 3.63) is 71.0 Å². The summed E-state index contributed by atoms with van der Waals surface area (Å²) in [6, 6.07) is 11.6. The van der Waals surface area contributed by atoms with Crippen molar-refractivity contribution in [2.45, 2.75) is 32.4 Å². The van der Waals surface area contributed by atoms with Gasteiger partial charge in [-0.3, -0.25) is 14.5 Å². The Balaban J connectivity index is 1.64. The van der Waals surface area contributed by atoms with E-state index in [9.17, 15) is 19.1 Å². The van der Waals surface area contributed by atoms with Gasteiger partial charge in [0, 0.05) is 31.7 Å². The SMILES string of the molecule is CC(C)Oc1ccc(/C(O)=C2\C(=O)C(=O)N(CCCN3CCOCC3)[C@@H]2c2ccc(F)cc2)cc1. The van der Waals surface area contributed by atoms with Crippen LogP contribution in [0, 0.1) is 5.82 Å². The maximum atomic E-state index is 13.6. The third kappa shape index (κ3) is 5.71. The second kappa shape index (κ2) is 11.0. The van der Waals surface area contributed by atoms with Crippen molar-refractivity contribution in [3.8, 4) is 5.75 Å². The predicted octanol–water partition coefficient (Wildman–Crippen LogP) is 3.76. The topological polar surface area (TPSA) is 79.3 Å². The zero-order valence-corrected chi connectivity index (χ0v) is 20.1. The Morgan fingerprint density at radius 2 is 1.71 bits per heavy atom. The zero-order valence-electron chi connectivity index (χ0n) is 20.1. The molecule has 0 spiro atoms. The van der Waals surface area contributed by atoms with Gasteiger partial charge in [0.25, 0.3) is 11.7 Å². The molecule has 0 radical (unpaired) electrons. The number of rotatable bonds is 8. The van der Waals surface area contributed by atoms with Gasteiger partial charge in [0.15, 0.2) is 0 Å². The van der Waals surface area contributed by atoms with Gasteiger partial charge < -0.3 is 19.5 Å². The number of aliphatic hydroxyl groups is 1. The first-order valence-electron chi connectivity index (χ1n) is 12.0. The number of likely N-dealkylation sites (tertiary alicyclic amines) is 1. The largest absolute Gasteiger partial charge is 0.507 e. The Hall–Kier alpha value is -3.23. The Labute approximate surface area is 204 Å². The molecule has 0 unspecified atom stereocenters. The molecule has 0 aliphatic carbocycles. The van der Waals surface area contributed by atoms with Gasteiger partial charge in [-0.15, -0.1) is 0 Å². The van der Waals surface area contributed by atoms with Crippen molar-refractivity contribution in [3.63, 3.8) is 0 Å². The van der Waals surface area contributed by atoms with Gasteiger partial charge in [-0.1, -0.05) is 12.1 Å². The van der Waals surface area contributed by atoms with E-state index in [1.54, 1.807) is 36.4 Å². The molecule has 4 rings (SSSR count). The molecule has 1 atom stereocenters. The van der Waals surface area contributed by atoms with Crippen LogP contribution in [0.1, 0.15) is 37.4 Å². The van der Waals surface area contributed by atoms with Crippen LogP contribution in [-0.4, -0.2) is 72.1 Å².